The summed E-state index contributed by atoms with van der Waals surface area (Å²) in [6.45, 7) is 9.73. The molecule has 2 aliphatic rings. The fourth-order valence-electron chi connectivity index (χ4n) is 3.67. The van der Waals surface area contributed by atoms with Gasteiger partial charge in [0, 0.05) is 44.8 Å². The molecule has 28 heavy (non-hydrogen) atoms. The van der Waals surface area contributed by atoms with E-state index in [1.54, 1.807) is 6.07 Å². The maximum absolute atomic E-state index is 14.0. The fraction of sp³-hybridized carbons (Fsp3) is 0.600. The highest BCUT2D eigenvalue weighted by atomic mass is 127. The normalized spacial score (nSPS) is 20.5. The van der Waals surface area contributed by atoms with Gasteiger partial charge in [-0.2, -0.15) is 5.26 Å². The van der Waals surface area contributed by atoms with Crippen molar-refractivity contribution in [3.05, 3.63) is 35.1 Å². The number of likely N-dealkylation sites (tertiary alicyclic amines) is 1. The van der Waals surface area contributed by atoms with Crippen molar-refractivity contribution in [1.82, 2.24) is 15.1 Å². The first-order chi connectivity index (χ1) is 13.2. The van der Waals surface area contributed by atoms with Crippen LogP contribution in [0.5, 0.6) is 0 Å². The Morgan fingerprint density at radius 3 is 2.86 bits per heavy atom. The maximum Gasteiger partial charge on any atom is 0.194 e. The summed E-state index contributed by atoms with van der Waals surface area (Å²) >= 11 is 0. The van der Waals surface area contributed by atoms with Gasteiger partial charge < -0.3 is 15.0 Å². The first-order valence-electron chi connectivity index (χ1n) is 9.71. The smallest absolute Gasteiger partial charge is 0.194 e. The largest absolute Gasteiger partial charge is 0.379 e. The van der Waals surface area contributed by atoms with Crippen molar-refractivity contribution < 1.29 is 9.13 Å². The van der Waals surface area contributed by atoms with E-state index in [-0.39, 0.29) is 36.3 Å². The molecule has 2 saturated heterocycles. The molecule has 0 bridgehead atoms. The van der Waals surface area contributed by atoms with Gasteiger partial charge in [-0.25, -0.2) is 9.38 Å². The lowest BCUT2D eigenvalue weighted by Crippen LogP contribution is -2.42. The predicted molar refractivity (Wildman–Crippen MR) is 118 cm³/mol. The monoisotopic (exact) mass is 501 g/mol. The first kappa shape index (κ1) is 22.8. The van der Waals surface area contributed by atoms with Crippen LogP contribution in [0.3, 0.4) is 0 Å². The highest BCUT2D eigenvalue weighted by Crippen LogP contribution is 2.19. The summed E-state index contributed by atoms with van der Waals surface area (Å²) in [5.41, 5.74) is 0.909. The summed E-state index contributed by atoms with van der Waals surface area (Å²) in [5, 5.41) is 12.3. The van der Waals surface area contributed by atoms with Crippen molar-refractivity contribution in [2.24, 2.45) is 10.9 Å². The van der Waals surface area contributed by atoms with Crippen molar-refractivity contribution in [1.29, 1.82) is 5.26 Å². The van der Waals surface area contributed by atoms with Crippen molar-refractivity contribution >= 4 is 29.9 Å². The molecule has 0 saturated carbocycles. The van der Waals surface area contributed by atoms with Crippen LogP contribution in [-0.2, 0) is 11.3 Å². The lowest BCUT2D eigenvalue weighted by Gasteiger charge is -2.29. The average molecular weight is 501 g/mol. The van der Waals surface area contributed by atoms with Gasteiger partial charge in [0.15, 0.2) is 5.96 Å². The SMILES string of the molecule is CCNC(=NCc1cc(C#N)ccc1F)N1CCC(CN2CCOCC2)C1.I. The third kappa shape index (κ3) is 6.29. The number of ether oxygens (including phenoxy) is 1. The number of morpholine rings is 1. The molecule has 0 amide bonds. The number of nitrogens with one attached hydrogen (secondary N) is 1. The minimum absolute atomic E-state index is 0. The fourth-order valence-corrected chi connectivity index (χ4v) is 3.67. The molecule has 154 valence electrons. The van der Waals surface area contributed by atoms with Gasteiger partial charge in [-0.1, -0.05) is 0 Å². The van der Waals surface area contributed by atoms with E-state index in [1.165, 1.54) is 12.1 Å². The van der Waals surface area contributed by atoms with Crippen molar-refractivity contribution in [2.75, 3.05) is 52.5 Å². The number of nitriles is 1. The van der Waals surface area contributed by atoms with E-state index in [4.69, 9.17) is 10.00 Å². The zero-order valence-electron chi connectivity index (χ0n) is 16.4. The minimum Gasteiger partial charge on any atom is -0.379 e. The van der Waals surface area contributed by atoms with Gasteiger partial charge in [0.2, 0.25) is 0 Å². The van der Waals surface area contributed by atoms with Crippen LogP contribution in [0.2, 0.25) is 0 Å². The molecule has 1 unspecified atom stereocenters. The van der Waals surface area contributed by atoms with Crippen LogP contribution in [0.15, 0.2) is 23.2 Å². The Bertz CT molecular complexity index is 702. The number of benzene rings is 1. The van der Waals surface area contributed by atoms with Gasteiger partial charge >= 0.3 is 0 Å². The third-order valence-corrected chi connectivity index (χ3v) is 5.11. The standard InChI is InChI=1S/C20H28FN5O.HI/c1-2-23-20(24-13-18-11-16(12-22)3-4-19(18)21)26-6-5-17(15-26)14-25-7-9-27-10-8-25;/h3-4,11,17H,2,5-10,13-15H2,1H3,(H,23,24);1H. The number of guanidine groups is 1. The molecule has 2 fully saturated rings. The molecule has 3 rings (SSSR count). The molecule has 0 aromatic heterocycles. The third-order valence-electron chi connectivity index (χ3n) is 5.11. The summed E-state index contributed by atoms with van der Waals surface area (Å²) in [6, 6.07) is 6.46. The molecule has 2 aliphatic heterocycles. The Hall–Kier alpha value is -1.44. The second-order valence-corrected chi connectivity index (χ2v) is 7.10. The van der Waals surface area contributed by atoms with Gasteiger partial charge in [-0.05, 0) is 37.5 Å². The van der Waals surface area contributed by atoms with Crippen LogP contribution in [0.1, 0.15) is 24.5 Å². The summed E-state index contributed by atoms with van der Waals surface area (Å²) in [7, 11) is 0. The van der Waals surface area contributed by atoms with Crippen molar-refractivity contribution in [3.8, 4) is 6.07 Å². The lowest BCUT2D eigenvalue weighted by atomic mass is 10.1. The van der Waals surface area contributed by atoms with E-state index in [2.05, 4.69) is 26.2 Å². The molecule has 0 aliphatic carbocycles. The van der Waals surface area contributed by atoms with E-state index in [0.29, 0.717) is 17.0 Å². The minimum atomic E-state index is -0.319. The maximum atomic E-state index is 14.0. The number of aliphatic imine (C=N–C) groups is 1. The summed E-state index contributed by atoms with van der Waals surface area (Å²) in [4.78, 5) is 9.37. The summed E-state index contributed by atoms with van der Waals surface area (Å²) < 4.78 is 19.4. The second kappa shape index (κ2) is 11.5. The molecule has 1 aromatic carbocycles. The number of nitrogens with zero attached hydrogens (tertiary/aromatic N) is 4. The first-order valence-corrected chi connectivity index (χ1v) is 9.71. The molecule has 1 N–H and O–H groups in total. The average Bonchev–Trinajstić information content (AvgIpc) is 3.15. The molecular formula is C20H29FIN5O. The van der Waals surface area contributed by atoms with E-state index >= 15 is 0 Å². The Morgan fingerprint density at radius 1 is 1.36 bits per heavy atom. The van der Waals surface area contributed by atoms with Gasteiger partial charge in [0.1, 0.15) is 5.82 Å². The topological polar surface area (TPSA) is 63.9 Å². The zero-order valence-corrected chi connectivity index (χ0v) is 18.7. The van der Waals surface area contributed by atoms with Crippen molar-refractivity contribution in [2.45, 2.75) is 19.9 Å². The van der Waals surface area contributed by atoms with Crippen LogP contribution in [-0.4, -0.2) is 68.2 Å². The Kier molecular flexibility index (Phi) is 9.41. The van der Waals surface area contributed by atoms with E-state index in [9.17, 15) is 4.39 Å². The van der Waals surface area contributed by atoms with Gasteiger partial charge in [-0.15, -0.1) is 24.0 Å². The molecule has 0 radical (unpaired) electrons. The predicted octanol–water partition coefficient (Wildman–Crippen LogP) is 2.43. The highest BCUT2D eigenvalue weighted by molar-refractivity contribution is 14.0. The number of hydrogen-bond acceptors (Lipinski definition) is 4. The molecule has 6 nitrogen and oxygen atoms in total. The number of hydrogen-bond donors (Lipinski definition) is 1. The Labute approximate surface area is 183 Å². The molecule has 1 aromatic rings. The van der Waals surface area contributed by atoms with Crippen LogP contribution < -0.4 is 5.32 Å². The van der Waals surface area contributed by atoms with Crippen molar-refractivity contribution in [3.63, 3.8) is 0 Å². The van der Waals surface area contributed by atoms with Gasteiger partial charge in [-0.3, -0.25) is 4.90 Å². The highest BCUT2D eigenvalue weighted by Gasteiger charge is 2.27. The molecule has 1 atom stereocenters. The van der Waals surface area contributed by atoms with Crippen LogP contribution in [0.25, 0.3) is 0 Å². The van der Waals surface area contributed by atoms with E-state index in [0.717, 1.165) is 64.9 Å². The van der Waals surface area contributed by atoms with Crippen LogP contribution in [0, 0.1) is 23.1 Å². The number of rotatable bonds is 5. The molecular weight excluding hydrogens is 472 g/mol. The van der Waals surface area contributed by atoms with E-state index < -0.39 is 0 Å². The number of halogens is 2. The molecule has 0 spiro atoms. The molecule has 2 heterocycles. The Morgan fingerprint density at radius 2 is 2.14 bits per heavy atom. The second-order valence-electron chi connectivity index (χ2n) is 7.10. The van der Waals surface area contributed by atoms with Crippen LogP contribution >= 0.6 is 24.0 Å². The zero-order chi connectivity index (χ0) is 19.1. The van der Waals surface area contributed by atoms with Gasteiger partial charge in [0.25, 0.3) is 0 Å². The van der Waals surface area contributed by atoms with Crippen LogP contribution in [0.4, 0.5) is 4.39 Å². The summed E-state index contributed by atoms with van der Waals surface area (Å²) in [5.74, 6) is 1.12. The Balaban J connectivity index is 0.00000280. The van der Waals surface area contributed by atoms with E-state index in [1.807, 2.05) is 6.92 Å². The van der Waals surface area contributed by atoms with Gasteiger partial charge in [0.05, 0.1) is 31.4 Å². The molecule has 8 heteroatoms. The summed E-state index contributed by atoms with van der Waals surface area (Å²) in [6.07, 6.45) is 1.14. The quantitative estimate of drug-likeness (QED) is 0.382. The lowest BCUT2D eigenvalue weighted by molar-refractivity contribution is 0.0315.